The largest absolute Gasteiger partial charge is 0.369 e. The molecule has 0 radical (unpaired) electrons. The van der Waals surface area contributed by atoms with Gasteiger partial charge in [0.1, 0.15) is 0 Å². The highest BCUT2D eigenvalue weighted by Gasteiger charge is 2.23. The maximum atomic E-state index is 6.11. The monoisotopic (exact) mass is 519 g/mol. The fourth-order valence-electron chi connectivity index (χ4n) is 3.09. The molecule has 148 valence electrons. The van der Waals surface area contributed by atoms with E-state index in [0.29, 0.717) is 6.04 Å². The minimum Gasteiger partial charge on any atom is -0.369 e. The number of thiazole rings is 1. The summed E-state index contributed by atoms with van der Waals surface area (Å²) in [5.41, 5.74) is 1.18. The average Bonchev–Trinajstić information content (AvgIpc) is 3.30. The number of guanidine groups is 1. The second-order valence-electron chi connectivity index (χ2n) is 6.38. The molecule has 0 spiro atoms. The van der Waals surface area contributed by atoms with Gasteiger partial charge in [-0.25, -0.2) is 4.98 Å². The molecule has 1 fully saturated rings. The first-order valence-electron chi connectivity index (χ1n) is 9.09. The van der Waals surface area contributed by atoms with Crippen molar-refractivity contribution in [2.45, 2.75) is 32.2 Å². The number of rotatable bonds is 6. The Balaban J connectivity index is 0.00000261. The molecule has 1 atom stereocenters. The van der Waals surface area contributed by atoms with Gasteiger partial charge in [-0.3, -0.25) is 4.99 Å². The quantitative estimate of drug-likeness (QED) is 0.345. The number of hydrogen-bond acceptors (Lipinski definition) is 4. The number of aliphatic imine (C=N–C) groups is 1. The number of nitrogens with zero attached hydrogens (tertiary/aromatic N) is 3. The predicted octanol–water partition coefficient (Wildman–Crippen LogP) is 3.96. The number of halogens is 2. The lowest BCUT2D eigenvalue weighted by Crippen LogP contribution is -2.45. The molecular weight excluding hydrogens is 493 g/mol. The molecule has 1 saturated heterocycles. The topological polar surface area (TPSA) is 52.6 Å². The molecule has 0 saturated carbocycles. The number of nitrogens with one attached hydrogen (secondary N) is 2. The lowest BCUT2D eigenvalue weighted by Gasteiger charge is -2.20. The Morgan fingerprint density at radius 2 is 2.30 bits per heavy atom. The molecule has 2 heterocycles. The first kappa shape index (κ1) is 22.2. The van der Waals surface area contributed by atoms with Gasteiger partial charge in [0, 0.05) is 60.9 Å². The molecule has 5 nitrogen and oxygen atoms in total. The Labute approximate surface area is 187 Å². The first-order valence-corrected chi connectivity index (χ1v) is 10.3. The summed E-state index contributed by atoms with van der Waals surface area (Å²) < 4.78 is 0. The normalized spacial score (nSPS) is 16.9. The van der Waals surface area contributed by atoms with Gasteiger partial charge in [0.15, 0.2) is 5.96 Å². The van der Waals surface area contributed by atoms with Crippen LogP contribution in [0.1, 0.15) is 23.2 Å². The minimum atomic E-state index is 0. The summed E-state index contributed by atoms with van der Waals surface area (Å²) >= 11 is 7.90. The number of aryl methyl sites for hydroxylation is 1. The lowest BCUT2D eigenvalue weighted by molar-refractivity contribution is 0.648. The van der Waals surface area contributed by atoms with E-state index in [-0.39, 0.29) is 24.0 Å². The third-order valence-corrected chi connectivity index (χ3v) is 5.94. The molecule has 1 aromatic carbocycles. The Hall–Kier alpha value is -1.06. The molecule has 3 rings (SSSR count). The third-order valence-electron chi connectivity index (χ3n) is 4.51. The van der Waals surface area contributed by atoms with Gasteiger partial charge in [-0.05, 0) is 31.0 Å². The van der Waals surface area contributed by atoms with E-state index in [0.717, 1.165) is 49.9 Å². The van der Waals surface area contributed by atoms with Crippen molar-refractivity contribution in [3.63, 3.8) is 0 Å². The van der Waals surface area contributed by atoms with E-state index in [1.54, 1.807) is 11.3 Å². The zero-order valence-corrected chi connectivity index (χ0v) is 19.6. The van der Waals surface area contributed by atoms with Gasteiger partial charge < -0.3 is 15.5 Å². The van der Waals surface area contributed by atoms with Crippen LogP contribution in [0.4, 0.5) is 5.69 Å². The fraction of sp³-hybridized carbons (Fsp3) is 0.474. The van der Waals surface area contributed by atoms with Crippen molar-refractivity contribution < 1.29 is 0 Å². The SMILES string of the molecule is CCc1cnc(CCNC(=NC)NC2CCN(c3cccc(Cl)c3)C2)s1.I. The van der Waals surface area contributed by atoms with E-state index in [1.807, 2.05) is 31.4 Å². The van der Waals surface area contributed by atoms with Crippen LogP contribution >= 0.6 is 46.9 Å². The molecule has 1 aliphatic rings. The summed E-state index contributed by atoms with van der Waals surface area (Å²) in [5, 5.41) is 8.89. The van der Waals surface area contributed by atoms with Crippen molar-refractivity contribution in [1.29, 1.82) is 0 Å². The van der Waals surface area contributed by atoms with E-state index >= 15 is 0 Å². The van der Waals surface area contributed by atoms with Gasteiger partial charge in [0.05, 0.1) is 5.01 Å². The molecule has 1 unspecified atom stereocenters. The fourth-order valence-corrected chi connectivity index (χ4v) is 4.13. The number of hydrogen-bond donors (Lipinski definition) is 2. The molecule has 0 aliphatic carbocycles. The zero-order chi connectivity index (χ0) is 18.4. The van der Waals surface area contributed by atoms with E-state index in [1.165, 1.54) is 15.6 Å². The van der Waals surface area contributed by atoms with Crippen LogP contribution in [0.15, 0.2) is 35.5 Å². The van der Waals surface area contributed by atoms with Crippen LogP contribution in [0, 0.1) is 0 Å². The van der Waals surface area contributed by atoms with Crippen molar-refractivity contribution in [2.75, 3.05) is 31.6 Å². The summed E-state index contributed by atoms with van der Waals surface area (Å²) in [4.78, 5) is 12.5. The van der Waals surface area contributed by atoms with Crippen molar-refractivity contribution in [3.05, 3.63) is 45.4 Å². The van der Waals surface area contributed by atoms with Gasteiger partial charge in [0.2, 0.25) is 0 Å². The molecule has 1 aliphatic heterocycles. The van der Waals surface area contributed by atoms with E-state index in [4.69, 9.17) is 11.6 Å². The average molecular weight is 520 g/mol. The second kappa shape index (κ2) is 11.1. The van der Waals surface area contributed by atoms with Gasteiger partial charge in [-0.15, -0.1) is 35.3 Å². The second-order valence-corrected chi connectivity index (χ2v) is 8.01. The molecule has 2 aromatic rings. The van der Waals surface area contributed by atoms with Crippen molar-refractivity contribution >= 4 is 58.6 Å². The van der Waals surface area contributed by atoms with Crippen LogP contribution in [0.2, 0.25) is 5.02 Å². The van der Waals surface area contributed by atoms with Gasteiger partial charge in [-0.2, -0.15) is 0 Å². The van der Waals surface area contributed by atoms with Crippen molar-refractivity contribution in [3.8, 4) is 0 Å². The first-order chi connectivity index (χ1) is 12.7. The highest BCUT2D eigenvalue weighted by atomic mass is 127. The predicted molar refractivity (Wildman–Crippen MR) is 127 cm³/mol. The highest BCUT2D eigenvalue weighted by Crippen LogP contribution is 2.23. The van der Waals surface area contributed by atoms with Gasteiger partial charge >= 0.3 is 0 Å². The Morgan fingerprint density at radius 3 is 3.00 bits per heavy atom. The van der Waals surface area contributed by atoms with E-state index < -0.39 is 0 Å². The summed E-state index contributed by atoms with van der Waals surface area (Å²) in [7, 11) is 1.82. The number of anilines is 1. The van der Waals surface area contributed by atoms with Crippen LogP contribution < -0.4 is 15.5 Å². The summed E-state index contributed by atoms with van der Waals surface area (Å²) in [6, 6.07) is 8.43. The van der Waals surface area contributed by atoms with Crippen molar-refractivity contribution in [1.82, 2.24) is 15.6 Å². The molecule has 0 amide bonds. The van der Waals surface area contributed by atoms with Crippen LogP contribution in [-0.2, 0) is 12.8 Å². The van der Waals surface area contributed by atoms with Crippen molar-refractivity contribution in [2.24, 2.45) is 4.99 Å². The van der Waals surface area contributed by atoms with Crippen LogP contribution in [-0.4, -0.2) is 43.7 Å². The Bertz CT molecular complexity index is 751. The molecule has 0 bridgehead atoms. The van der Waals surface area contributed by atoms with E-state index in [2.05, 4.69) is 38.5 Å². The minimum absolute atomic E-state index is 0. The van der Waals surface area contributed by atoms with Crippen LogP contribution in [0.25, 0.3) is 0 Å². The summed E-state index contributed by atoms with van der Waals surface area (Å²) in [5.74, 6) is 0.857. The standard InChI is InChI=1S/C19H26ClN5S.HI/c1-3-17-12-23-18(26-17)7-9-22-19(21-2)24-15-8-10-25(13-15)16-6-4-5-14(20)11-16;/h4-6,11-12,15H,3,7-10,13H2,1-2H3,(H2,21,22,24);1H. The smallest absolute Gasteiger partial charge is 0.191 e. The molecule has 8 heteroatoms. The van der Waals surface area contributed by atoms with Gasteiger partial charge in [-0.1, -0.05) is 24.6 Å². The summed E-state index contributed by atoms with van der Waals surface area (Å²) in [6.45, 7) is 4.97. The van der Waals surface area contributed by atoms with Gasteiger partial charge in [0.25, 0.3) is 0 Å². The van der Waals surface area contributed by atoms with E-state index in [9.17, 15) is 0 Å². The molecule has 2 N–H and O–H groups in total. The maximum absolute atomic E-state index is 6.11. The maximum Gasteiger partial charge on any atom is 0.191 e. The highest BCUT2D eigenvalue weighted by molar-refractivity contribution is 14.0. The Kier molecular flexibility index (Phi) is 9.11. The molecule has 27 heavy (non-hydrogen) atoms. The summed E-state index contributed by atoms with van der Waals surface area (Å²) in [6.07, 6.45) is 5.04. The molecular formula is C19H27ClIN5S. The Morgan fingerprint density at radius 1 is 1.44 bits per heavy atom. The number of aromatic nitrogens is 1. The number of benzene rings is 1. The van der Waals surface area contributed by atoms with Crippen LogP contribution in [0.3, 0.4) is 0 Å². The lowest BCUT2D eigenvalue weighted by atomic mass is 10.2. The van der Waals surface area contributed by atoms with Crippen LogP contribution in [0.5, 0.6) is 0 Å². The molecule has 1 aromatic heterocycles. The zero-order valence-electron chi connectivity index (χ0n) is 15.7. The third kappa shape index (κ3) is 6.50.